The minimum atomic E-state index is 0.166. The first kappa shape index (κ1) is 16.2. The fourth-order valence-corrected chi connectivity index (χ4v) is 3.93. The summed E-state index contributed by atoms with van der Waals surface area (Å²) in [5, 5.41) is 12.0. The monoisotopic (exact) mass is 333 g/mol. The van der Waals surface area contributed by atoms with E-state index in [1.807, 2.05) is 28.8 Å². The van der Waals surface area contributed by atoms with E-state index in [0.717, 1.165) is 12.0 Å². The molecule has 1 aliphatic rings. The summed E-state index contributed by atoms with van der Waals surface area (Å²) in [6, 6.07) is 2.33. The van der Waals surface area contributed by atoms with Crippen molar-refractivity contribution >= 4 is 17.2 Å². The summed E-state index contributed by atoms with van der Waals surface area (Å²) in [5.41, 5.74) is 0.938. The highest BCUT2D eigenvalue weighted by molar-refractivity contribution is 7.08. The lowest BCUT2D eigenvalue weighted by Gasteiger charge is -2.36. The highest BCUT2D eigenvalue weighted by Gasteiger charge is 2.27. The molecule has 0 bridgehead atoms. The molecule has 0 N–H and O–H groups in total. The van der Waals surface area contributed by atoms with E-state index in [9.17, 15) is 4.79 Å². The summed E-state index contributed by atoms with van der Waals surface area (Å²) in [6.07, 6.45) is 5.77. The van der Waals surface area contributed by atoms with Gasteiger partial charge >= 0.3 is 0 Å². The van der Waals surface area contributed by atoms with Gasteiger partial charge in [-0.2, -0.15) is 11.3 Å². The highest BCUT2D eigenvalue weighted by Crippen LogP contribution is 2.28. The van der Waals surface area contributed by atoms with Crippen LogP contribution < -0.4 is 0 Å². The molecule has 0 spiro atoms. The maximum Gasteiger partial charge on any atom is 0.248 e. The van der Waals surface area contributed by atoms with Gasteiger partial charge in [-0.3, -0.25) is 4.79 Å². The van der Waals surface area contributed by atoms with Gasteiger partial charge in [-0.25, -0.2) is 0 Å². The minimum Gasteiger partial charge on any atom is -0.421 e. The molecule has 3 rings (SSSR count). The third-order valence-electron chi connectivity index (χ3n) is 4.74. The second-order valence-corrected chi connectivity index (χ2v) is 7.13. The number of hydrogen-bond donors (Lipinski definition) is 0. The molecular formula is C17H23N3O2S. The summed E-state index contributed by atoms with van der Waals surface area (Å²) < 4.78 is 5.64. The molecule has 2 aromatic rings. The van der Waals surface area contributed by atoms with E-state index in [4.69, 9.17) is 4.42 Å². The molecule has 23 heavy (non-hydrogen) atoms. The Morgan fingerprint density at radius 2 is 2.22 bits per heavy atom. The zero-order valence-corrected chi connectivity index (χ0v) is 14.5. The smallest absolute Gasteiger partial charge is 0.248 e. The van der Waals surface area contributed by atoms with Gasteiger partial charge in [0.1, 0.15) is 0 Å². The molecule has 1 aliphatic carbocycles. The maximum atomic E-state index is 12.4. The lowest BCUT2D eigenvalue weighted by atomic mass is 9.85. The van der Waals surface area contributed by atoms with Gasteiger partial charge in [-0.1, -0.05) is 19.8 Å². The van der Waals surface area contributed by atoms with Crippen LogP contribution in [0.15, 0.2) is 21.2 Å². The van der Waals surface area contributed by atoms with Gasteiger partial charge in [0.2, 0.25) is 17.7 Å². The number of carbonyl (C=O) groups excluding carboxylic acids is 1. The molecule has 0 radical (unpaired) electrons. The van der Waals surface area contributed by atoms with Crippen molar-refractivity contribution in [3.63, 3.8) is 0 Å². The Labute approximate surface area is 140 Å². The quantitative estimate of drug-likeness (QED) is 0.836. The summed E-state index contributed by atoms with van der Waals surface area (Å²) >= 11 is 1.59. The Kier molecular flexibility index (Phi) is 5.10. The molecule has 1 fully saturated rings. The molecule has 0 aromatic carbocycles. The lowest BCUT2D eigenvalue weighted by Crippen LogP contribution is -2.42. The number of aryl methyl sites for hydroxylation is 1. The van der Waals surface area contributed by atoms with E-state index in [1.165, 1.54) is 19.3 Å². The molecule has 0 unspecified atom stereocenters. The van der Waals surface area contributed by atoms with Crippen LogP contribution in [0.4, 0.5) is 0 Å². The molecule has 6 heteroatoms. The van der Waals surface area contributed by atoms with Crippen LogP contribution in [0.3, 0.4) is 0 Å². The van der Waals surface area contributed by atoms with Crippen LogP contribution in [0.5, 0.6) is 0 Å². The summed E-state index contributed by atoms with van der Waals surface area (Å²) in [7, 11) is 1.93. The van der Waals surface area contributed by atoms with Crippen molar-refractivity contribution in [3.05, 3.63) is 22.7 Å². The molecular weight excluding hydrogens is 310 g/mol. The van der Waals surface area contributed by atoms with Crippen molar-refractivity contribution in [2.45, 2.75) is 51.5 Å². The first-order chi connectivity index (χ1) is 11.1. The van der Waals surface area contributed by atoms with Crippen molar-refractivity contribution in [3.8, 4) is 11.5 Å². The van der Waals surface area contributed by atoms with E-state index in [2.05, 4.69) is 17.1 Å². The number of carbonyl (C=O) groups is 1. The molecule has 1 saturated carbocycles. The van der Waals surface area contributed by atoms with E-state index in [1.54, 1.807) is 11.3 Å². The fraction of sp³-hybridized carbons (Fsp3) is 0.588. The molecule has 124 valence electrons. The Hall–Kier alpha value is -1.69. The van der Waals surface area contributed by atoms with E-state index in [0.29, 0.717) is 36.6 Å². The van der Waals surface area contributed by atoms with Crippen LogP contribution in [0.2, 0.25) is 0 Å². The largest absolute Gasteiger partial charge is 0.421 e. The van der Waals surface area contributed by atoms with Crippen LogP contribution in [-0.2, 0) is 11.2 Å². The zero-order valence-electron chi connectivity index (χ0n) is 13.7. The number of rotatable bonds is 5. The van der Waals surface area contributed by atoms with Gasteiger partial charge in [0.15, 0.2) is 0 Å². The van der Waals surface area contributed by atoms with Crippen molar-refractivity contribution in [2.75, 3.05) is 7.05 Å². The summed E-state index contributed by atoms with van der Waals surface area (Å²) in [5.74, 6) is 1.82. The fourth-order valence-electron chi connectivity index (χ4n) is 3.30. The number of thiophene rings is 1. The van der Waals surface area contributed by atoms with Crippen LogP contribution in [0, 0.1) is 5.92 Å². The average Bonchev–Trinajstić information content (AvgIpc) is 3.23. The highest BCUT2D eigenvalue weighted by atomic mass is 32.1. The predicted molar refractivity (Wildman–Crippen MR) is 90.1 cm³/mol. The second kappa shape index (κ2) is 7.25. The molecule has 2 aromatic heterocycles. The van der Waals surface area contributed by atoms with Gasteiger partial charge in [-0.15, -0.1) is 10.2 Å². The maximum absolute atomic E-state index is 12.4. The predicted octanol–water partition coefficient (Wildman–Crippen LogP) is 3.77. The Morgan fingerprint density at radius 1 is 1.39 bits per heavy atom. The van der Waals surface area contributed by atoms with Crippen molar-refractivity contribution in [1.29, 1.82) is 0 Å². The van der Waals surface area contributed by atoms with Gasteiger partial charge in [0, 0.05) is 36.9 Å². The Bertz CT molecular complexity index is 638. The first-order valence-corrected chi connectivity index (χ1v) is 9.20. The van der Waals surface area contributed by atoms with Gasteiger partial charge in [0.05, 0.1) is 0 Å². The van der Waals surface area contributed by atoms with Crippen molar-refractivity contribution in [2.24, 2.45) is 5.92 Å². The van der Waals surface area contributed by atoms with E-state index in [-0.39, 0.29) is 5.91 Å². The molecule has 2 heterocycles. The molecule has 1 amide bonds. The standard InChI is InChI=1S/C17H23N3O2S/c1-12-5-3-4-6-14(12)20(2)16(21)8-7-15-18-19-17(22-15)13-9-10-23-11-13/h9-12,14H,3-8H2,1-2H3/t12-,14-/m0/s1. The van der Waals surface area contributed by atoms with Crippen molar-refractivity contribution in [1.82, 2.24) is 15.1 Å². The third kappa shape index (κ3) is 3.80. The van der Waals surface area contributed by atoms with Gasteiger partial charge < -0.3 is 9.32 Å². The van der Waals surface area contributed by atoms with Crippen LogP contribution in [-0.4, -0.2) is 34.1 Å². The number of nitrogens with zero attached hydrogens (tertiary/aromatic N) is 3. The number of aromatic nitrogens is 2. The normalized spacial score (nSPS) is 21.3. The topological polar surface area (TPSA) is 59.2 Å². The van der Waals surface area contributed by atoms with Gasteiger partial charge in [0.25, 0.3) is 0 Å². The Morgan fingerprint density at radius 3 is 2.96 bits per heavy atom. The number of hydrogen-bond acceptors (Lipinski definition) is 5. The summed E-state index contributed by atoms with van der Waals surface area (Å²) in [4.78, 5) is 14.4. The lowest BCUT2D eigenvalue weighted by molar-refractivity contribution is -0.133. The second-order valence-electron chi connectivity index (χ2n) is 6.35. The van der Waals surface area contributed by atoms with E-state index >= 15 is 0 Å². The number of amides is 1. The van der Waals surface area contributed by atoms with Gasteiger partial charge in [-0.05, 0) is 30.2 Å². The van der Waals surface area contributed by atoms with Crippen LogP contribution in [0.1, 0.15) is 44.9 Å². The molecule has 0 saturated heterocycles. The zero-order chi connectivity index (χ0) is 16.2. The van der Waals surface area contributed by atoms with E-state index < -0.39 is 0 Å². The molecule has 5 nitrogen and oxygen atoms in total. The third-order valence-corrected chi connectivity index (χ3v) is 5.43. The first-order valence-electron chi connectivity index (χ1n) is 8.25. The van der Waals surface area contributed by atoms with Crippen LogP contribution in [0.25, 0.3) is 11.5 Å². The minimum absolute atomic E-state index is 0.166. The van der Waals surface area contributed by atoms with Crippen molar-refractivity contribution < 1.29 is 9.21 Å². The SMILES string of the molecule is C[C@H]1CCCC[C@@H]1N(C)C(=O)CCc1nnc(-c2ccsc2)o1. The Balaban J connectivity index is 1.54. The summed E-state index contributed by atoms with van der Waals surface area (Å²) in [6.45, 7) is 2.25. The molecule has 0 aliphatic heterocycles. The average molecular weight is 333 g/mol. The van der Waals surface area contributed by atoms with Crippen LogP contribution >= 0.6 is 11.3 Å². The molecule has 2 atom stereocenters.